The molecule has 10 heteroatoms. The Hall–Kier alpha value is -6.02. The first kappa shape index (κ1) is 34.4. The molecule has 0 aliphatic carbocycles. The molecular weight excluding hydrogens is 666 g/mol. The second-order valence-corrected chi connectivity index (χ2v) is 13.2. The van der Waals surface area contributed by atoms with E-state index in [9.17, 15) is 0 Å². The van der Waals surface area contributed by atoms with E-state index in [1.165, 1.54) is 5.56 Å². The van der Waals surface area contributed by atoms with Gasteiger partial charge in [0.25, 0.3) is 0 Å². The third kappa shape index (κ3) is 6.72. The van der Waals surface area contributed by atoms with E-state index < -0.39 is 5.54 Å². The Morgan fingerprint density at radius 1 is 0.769 bits per heavy atom. The molecule has 52 heavy (non-hydrogen) atoms. The average molecular weight is 704 g/mol. The normalized spacial score (nSPS) is 11.4. The van der Waals surface area contributed by atoms with Crippen LogP contribution in [0, 0.1) is 6.92 Å². The average Bonchev–Trinajstić information content (AvgIpc) is 3.79. The molecular formula is C42H38ClN9. The Morgan fingerprint density at radius 3 is 2.02 bits per heavy atom. The Bertz CT molecular complexity index is 2270. The van der Waals surface area contributed by atoms with Crippen LogP contribution < -0.4 is 0 Å². The number of aromatic nitrogens is 6. The van der Waals surface area contributed by atoms with Crippen LogP contribution in [0.2, 0.25) is 5.15 Å². The number of rotatable bonds is 13. The maximum absolute atomic E-state index is 8.97. The monoisotopic (exact) mass is 703 g/mol. The molecule has 0 aliphatic heterocycles. The molecule has 0 saturated carbocycles. The SMILES string of the molecule is CCCCc1nc(Cl)c(CN=[N+]=[N-])n1Cc1ccc(-c2ccccc2-c2nnn(C(c3ccccc3)(c3ccccc3)c3ccc(C)cc3)n2)cc1. The van der Waals surface area contributed by atoms with Gasteiger partial charge in [0.2, 0.25) is 5.82 Å². The molecule has 2 heterocycles. The molecule has 0 bridgehead atoms. The van der Waals surface area contributed by atoms with E-state index in [1.54, 1.807) is 4.80 Å². The van der Waals surface area contributed by atoms with Crippen molar-refractivity contribution in [2.45, 2.75) is 51.7 Å². The summed E-state index contributed by atoms with van der Waals surface area (Å²) in [5, 5.41) is 18.8. The van der Waals surface area contributed by atoms with Crippen LogP contribution in [-0.4, -0.2) is 29.8 Å². The fourth-order valence-electron chi connectivity index (χ4n) is 6.83. The molecule has 2 aromatic heterocycles. The molecule has 5 aromatic carbocycles. The molecule has 9 nitrogen and oxygen atoms in total. The zero-order valence-corrected chi connectivity index (χ0v) is 29.9. The molecule has 0 fully saturated rings. The van der Waals surface area contributed by atoms with Crippen LogP contribution in [0.25, 0.3) is 33.0 Å². The number of azide groups is 1. The van der Waals surface area contributed by atoms with Crippen molar-refractivity contribution >= 4 is 11.6 Å². The molecule has 0 atom stereocenters. The summed E-state index contributed by atoms with van der Waals surface area (Å²) in [6, 6.07) is 45.9. The fourth-order valence-corrected chi connectivity index (χ4v) is 7.09. The van der Waals surface area contributed by atoms with Crippen molar-refractivity contribution in [2.75, 3.05) is 0 Å². The van der Waals surface area contributed by atoms with Gasteiger partial charge in [-0.1, -0.05) is 169 Å². The number of halogens is 1. The summed E-state index contributed by atoms with van der Waals surface area (Å²) < 4.78 is 2.08. The molecule has 0 saturated heterocycles. The summed E-state index contributed by atoms with van der Waals surface area (Å²) in [6.45, 7) is 4.95. The number of benzene rings is 5. The molecule has 0 radical (unpaired) electrons. The summed E-state index contributed by atoms with van der Waals surface area (Å²) in [5.74, 6) is 1.42. The van der Waals surface area contributed by atoms with Gasteiger partial charge < -0.3 is 4.57 Å². The highest BCUT2D eigenvalue weighted by Crippen LogP contribution is 2.40. The van der Waals surface area contributed by atoms with Crippen LogP contribution in [0.15, 0.2) is 139 Å². The number of hydrogen-bond donors (Lipinski definition) is 0. The summed E-state index contributed by atoms with van der Waals surface area (Å²) in [5.41, 5.74) is 17.0. The quantitative estimate of drug-likeness (QED) is 0.0515. The highest BCUT2D eigenvalue weighted by molar-refractivity contribution is 6.30. The lowest BCUT2D eigenvalue weighted by Gasteiger charge is -2.34. The minimum atomic E-state index is -0.873. The van der Waals surface area contributed by atoms with Gasteiger partial charge in [-0.2, -0.15) is 0 Å². The largest absolute Gasteiger partial charge is 0.326 e. The summed E-state index contributed by atoms with van der Waals surface area (Å²) >= 11 is 6.52. The van der Waals surface area contributed by atoms with Crippen molar-refractivity contribution in [1.29, 1.82) is 0 Å². The van der Waals surface area contributed by atoms with E-state index in [2.05, 4.69) is 112 Å². The maximum atomic E-state index is 8.97. The lowest BCUT2D eigenvalue weighted by Crippen LogP contribution is -2.39. The van der Waals surface area contributed by atoms with E-state index in [0.717, 1.165) is 69.7 Å². The highest BCUT2D eigenvalue weighted by Gasteiger charge is 2.41. The number of tetrazole rings is 1. The Labute approximate surface area is 308 Å². The van der Waals surface area contributed by atoms with Gasteiger partial charge in [-0.15, -0.1) is 15.0 Å². The third-order valence-electron chi connectivity index (χ3n) is 9.48. The molecule has 0 N–H and O–H groups in total. The number of hydrogen-bond acceptors (Lipinski definition) is 5. The van der Waals surface area contributed by atoms with Gasteiger partial charge in [-0.3, -0.25) is 0 Å². The van der Waals surface area contributed by atoms with Crippen LogP contribution in [0.5, 0.6) is 0 Å². The molecule has 7 aromatic rings. The fraction of sp³-hybridized carbons (Fsp3) is 0.190. The number of nitrogens with zero attached hydrogens (tertiary/aromatic N) is 9. The Kier molecular flexibility index (Phi) is 10.2. The van der Waals surface area contributed by atoms with Crippen molar-refractivity contribution < 1.29 is 0 Å². The Balaban J connectivity index is 1.28. The molecule has 0 amide bonds. The van der Waals surface area contributed by atoms with Crippen LogP contribution in [0.3, 0.4) is 0 Å². The number of aryl methyl sites for hydroxylation is 2. The topological polar surface area (TPSA) is 110 Å². The maximum Gasteiger partial charge on any atom is 0.205 e. The van der Waals surface area contributed by atoms with Gasteiger partial charge in [0.15, 0.2) is 10.7 Å². The second-order valence-electron chi connectivity index (χ2n) is 12.8. The smallest absolute Gasteiger partial charge is 0.205 e. The highest BCUT2D eigenvalue weighted by atomic mass is 35.5. The van der Waals surface area contributed by atoms with Crippen LogP contribution in [0.4, 0.5) is 0 Å². The number of unbranched alkanes of at least 4 members (excludes halogenated alkanes) is 1. The molecule has 0 aliphatic rings. The van der Waals surface area contributed by atoms with Gasteiger partial charge in [0.1, 0.15) is 5.82 Å². The van der Waals surface area contributed by atoms with Crippen molar-refractivity contribution in [2.24, 2.45) is 5.11 Å². The zero-order chi connectivity index (χ0) is 35.9. The van der Waals surface area contributed by atoms with E-state index in [4.69, 9.17) is 32.5 Å². The first-order valence-corrected chi connectivity index (χ1v) is 17.8. The zero-order valence-electron chi connectivity index (χ0n) is 29.1. The third-order valence-corrected chi connectivity index (χ3v) is 9.78. The van der Waals surface area contributed by atoms with Gasteiger partial charge in [0, 0.05) is 23.4 Å². The van der Waals surface area contributed by atoms with Crippen molar-refractivity contribution in [3.63, 3.8) is 0 Å². The van der Waals surface area contributed by atoms with Crippen molar-refractivity contribution in [1.82, 2.24) is 29.8 Å². The predicted molar refractivity (Wildman–Crippen MR) is 206 cm³/mol. The van der Waals surface area contributed by atoms with Gasteiger partial charge >= 0.3 is 0 Å². The summed E-state index contributed by atoms with van der Waals surface area (Å²) in [6.07, 6.45) is 2.83. The predicted octanol–water partition coefficient (Wildman–Crippen LogP) is 10.2. The first-order valence-electron chi connectivity index (χ1n) is 17.4. The van der Waals surface area contributed by atoms with Crippen molar-refractivity contribution in [3.05, 3.63) is 188 Å². The lowest BCUT2D eigenvalue weighted by molar-refractivity contribution is 0.395. The van der Waals surface area contributed by atoms with Crippen molar-refractivity contribution in [3.8, 4) is 22.5 Å². The molecule has 7 rings (SSSR count). The number of imidazole rings is 1. The standard InChI is InChI=1S/C42H38ClN9/c1-3-4-19-39-46-40(43)38(28-45-49-44)51(39)29-31-22-24-32(25-23-31)36-17-11-12-18-37(36)41-47-50-52(48-41)42(33-13-7-5-8-14-33,34-15-9-6-10-16-34)35-26-20-30(2)21-27-35/h5-18,20-27H,3-4,19,28-29H2,1-2H3. The summed E-state index contributed by atoms with van der Waals surface area (Å²) in [7, 11) is 0. The van der Waals surface area contributed by atoms with Gasteiger partial charge in [0.05, 0.1) is 12.2 Å². The first-order chi connectivity index (χ1) is 25.5. The molecule has 0 spiro atoms. The van der Waals surface area contributed by atoms with E-state index in [0.29, 0.717) is 17.5 Å². The second kappa shape index (κ2) is 15.5. The van der Waals surface area contributed by atoms with Crippen LogP contribution in [-0.2, 0) is 25.0 Å². The minimum absolute atomic E-state index is 0.146. The van der Waals surface area contributed by atoms with Gasteiger partial charge in [-0.25, -0.2) is 4.98 Å². The van der Waals surface area contributed by atoms with Gasteiger partial charge in [-0.05, 0) is 57.5 Å². The van der Waals surface area contributed by atoms with E-state index in [1.807, 2.05) is 54.6 Å². The summed E-state index contributed by atoms with van der Waals surface area (Å²) in [4.78, 5) is 9.32. The Morgan fingerprint density at radius 2 is 1.38 bits per heavy atom. The van der Waals surface area contributed by atoms with Crippen LogP contribution in [0.1, 0.15) is 59.1 Å². The minimum Gasteiger partial charge on any atom is -0.326 e. The lowest BCUT2D eigenvalue weighted by atomic mass is 9.77. The van der Waals surface area contributed by atoms with Crippen LogP contribution >= 0.6 is 11.6 Å². The van der Waals surface area contributed by atoms with E-state index in [-0.39, 0.29) is 6.54 Å². The van der Waals surface area contributed by atoms with E-state index >= 15 is 0 Å². The molecule has 258 valence electrons. The molecule has 0 unspecified atom stereocenters.